The molecule has 0 fully saturated rings. The average Bonchev–Trinajstić information content (AvgIpc) is 3.48. The Morgan fingerprint density at radius 2 is 1.77 bits per heavy atom. The number of rotatable bonds is 3. The van der Waals surface area contributed by atoms with Gasteiger partial charge in [0.2, 0.25) is 5.43 Å². The van der Waals surface area contributed by atoms with Gasteiger partial charge in [-0.05, 0) is 50.3 Å². The molecule has 7 rings (SSSR count). The largest absolute Gasteiger partial charge is 0.494 e. The molecule has 0 saturated carbocycles. The van der Waals surface area contributed by atoms with Gasteiger partial charge in [0.05, 0.1) is 36.5 Å². The molecule has 2 aromatic carbocycles. The summed E-state index contributed by atoms with van der Waals surface area (Å²) in [6.07, 6.45) is 3.95. The summed E-state index contributed by atoms with van der Waals surface area (Å²) < 4.78 is 44.0. The average molecular weight is 894 g/mol. The van der Waals surface area contributed by atoms with Crippen molar-refractivity contribution in [1.29, 1.82) is 0 Å². The summed E-state index contributed by atoms with van der Waals surface area (Å²) in [5, 5.41) is 22.0. The lowest BCUT2D eigenvalue weighted by Crippen LogP contribution is -2.52. The normalized spacial score (nSPS) is 28.6. The number of aliphatic hydroxyl groups excluding tert-OH is 2. The SMILES string of the molecule is CO.COc1cc(Br)cc2oc3c4c(=O)c5c6c(C)c7c(c5c-3nc12)C(=O)[C@@](C)(O/C=C/[C@H](OC)[C@@H](C)C(OC(C)=O)C(O6)[C@H](O)[C@H](C)CC(C)/C=C/C=C(/C)C(=O)N4)O7. The van der Waals surface area contributed by atoms with Crippen LogP contribution >= 0.6 is 15.9 Å². The molecule has 15 nitrogen and oxygen atoms in total. The topological polar surface area (TPSA) is 202 Å². The Hall–Kier alpha value is -5.29. The van der Waals surface area contributed by atoms with Crippen molar-refractivity contribution in [3.05, 3.63) is 74.1 Å². The number of methoxy groups -OCH3 is 2. The minimum absolute atomic E-state index is 0.00533. The zero-order valence-electron chi connectivity index (χ0n) is 35.0. The predicted octanol–water partition coefficient (Wildman–Crippen LogP) is 6.78. The maximum Gasteiger partial charge on any atom is 0.312 e. The number of fused-ring (bicyclic) bond motifs is 8. The second-order valence-electron chi connectivity index (χ2n) is 15.4. The number of aromatic nitrogens is 1. The number of benzene rings is 3. The van der Waals surface area contributed by atoms with E-state index < -0.39 is 65.1 Å². The van der Waals surface area contributed by atoms with E-state index >= 15 is 4.79 Å². The highest BCUT2D eigenvalue weighted by Crippen LogP contribution is 2.52. The first-order valence-corrected chi connectivity index (χ1v) is 20.2. The maximum atomic E-state index is 15.3. The van der Waals surface area contributed by atoms with Crippen LogP contribution in [0.3, 0.4) is 0 Å². The van der Waals surface area contributed by atoms with E-state index in [1.165, 1.54) is 34.3 Å². The van der Waals surface area contributed by atoms with E-state index in [4.69, 9.17) is 42.9 Å². The number of esters is 1. The van der Waals surface area contributed by atoms with Gasteiger partial charge in [0.1, 0.15) is 40.3 Å². The second-order valence-corrected chi connectivity index (χ2v) is 16.3. The lowest BCUT2D eigenvalue weighted by molar-refractivity contribution is -0.166. The summed E-state index contributed by atoms with van der Waals surface area (Å²) in [5.41, 5.74) is -0.198. The summed E-state index contributed by atoms with van der Waals surface area (Å²) in [5.74, 6) is -5.02. The van der Waals surface area contributed by atoms with Crippen LogP contribution in [-0.2, 0) is 23.8 Å². The monoisotopic (exact) mass is 892 g/mol. The fraction of sp³-hybridized carbons (Fsp3) is 0.432. The van der Waals surface area contributed by atoms with Crippen molar-refractivity contribution < 1.29 is 57.4 Å². The first-order valence-electron chi connectivity index (χ1n) is 19.4. The molecule has 0 spiro atoms. The number of carbonyl (C=O) groups is 3. The van der Waals surface area contributed by atoms with E-state index in [2.05, 4.69) is 21.2 Å². The number of anilines is 1. The quantitative estimate of drug-likeness (QED) is 0.110. The third-order valence-electron chi connectivity index (χ3n) is 11.2. The molecule has 1 amide bonds. The number of ketones is 1. The summed E-state index contributed by atoms with van der Waals surface area (Å²) >= 11 is 3.47. The molecule has 0 aromatic heterocycles. The Labute approximate surface area is 354 Å². The molecule has 2 aromatic rings. The number of nitrogens with zero attached hydrogens (tertiary/aromatic N) is 1. The van der Waals surface area contributed by atoms with Gasteiger partial charge in [0.15, 0.2) is 17.4 Å². The van der Waals surface area contributed by atoms with Crippen molar-refractivity contribution in [2.45, 2.75) is 85.1 Å². The number of ether oxygens (including phenoxy) is 6. The molecule has 5 aliphatic rings. The van der Waals surface area contributed by atoms with Gasteiger partial charge in [-0.25, -0.2) is 4.98 Å². The highest BCUT2D eigenvalue weighted by molar-refractivity contribution is 9.10. The number of Topliss-reactive ketones (excluding diaryl/α,β-unsaturated/α-hetero) is 1. The van der Waals surface area contributed by atoms with Gasteiger partial charge in [0.25, 0.3) is 11.7 Å². The molecular formula is C44H49BrN2O13. The Morgan fingerprint density at radius 3 is 2.43 bits per heavy atom. The van der Waals surface area contributed by atoms with Crippen LogP contribution in [-0.4, -0.2) is 84.4 Å². The van der Waals surface area contributed by atoms with Crippen molar-refractivity contribution >= 4 is 61.1 Å². The summed E-state index contributed by atoms with van der Waals surface area (Å²) in [4.78, 5) is 61.9. The zero-order valence-corrected chi connectivity index (χ0v) is 36.6. The van der Waals surface area contributed by atoms with E-state index in [1.807, 2.05) is 19.9 Å². The first kappa shape index (κ1) is 44.3. The van der Waals surface area contributed by atoms with E-state index in [1.54, 1.807) is 51.1 Å². The van der Waals surface area contributed by atoms with Gasteiger partial charge in [-0.2, -0.15) is 0 Å². The Balaban J connectivity index is 0.00000297. The Kier molecular flexibility index (Phi) is 12.8. The van der Waals surface area contributed by atoms with Crippen molar-refractivity contribution in [3.8, 4) is 28.7 Å². The van der Waals surface area contributed by atoms with Crippen LogP contribution in [0.25, 0.3) is 33.3 Å². The molecule has 1 aliphatic carbocycles. The molecule has 16 heteroatoms. The number of nitrogens with one attached hydrogen (secondary N) is 1. The molecular weight excluding hydrogens is 844 g/mol. The maximum absolute atomic E-state index is 15.3. The van der Waals surface area contributed by atoms with E-state index in [-0.39, 0.29) is 73.1 Å². The molecule has 3 unspecified atom stereocenters. The lowest BCUT2D eigenvalue weighted by Gasteiger charge is -2.38. The van der Waals surface area contributed by atoms with Crippen molar-refractivity contribution in [2.24, 2.45) is 17.8 Å². The van der Waals surface area contributed by atoms with Crippen LogP contribution < -0.4 is 25.0 Å². The number of hydrogen-bond donors (Lipinski definition) is 3. The minimum atomic E-state index is -1.95. The Bertz CT molecular complexity index is 2490. The van der Waals surface area contributed by atoms with Crippen molar-refractivity contribution in [3.63, 3.8) is 0 Å². The first-order chi connectivity index (χ1) is 28.5. The molecule has 320 valence electrons. The zero-order chi connectivity index (χ0) is 44.0. The molecule has 8 atom stereocenters. The van der Waals surface area contributed by atoms with Crippen molar-refractivity contribution in [2.75, 3.05) is 26.6 Å². The van der Waals surface area contributed by atoms with Gasteiger partial charge in [0, 0.05) is 55.0 Å². The molecule has 3 N–H and O–H groups in total. The van der Waals surface area contributed by atoms with Crippen LogP contribution in [0.15, 0.2) is 62.0 Å². The Morgan fingerprint density at radius 1 is 1.05 bits per heavy atom. The van der Waals surface area contributed by atoms with E-state index in [0.29, 0.717) is 16.6 Å². The highest BCUT2D eigenvalue weighted by atomic mass is 79.9. The number of aliphatic hydroxyl groups is 2. The standard InChI is InChI=1S/C43H45BrN2O12.CH4O/c1-18-11-10-12-19(2)42(51)46-33-35(49)29-28(32-39(33)56-27-17-24(44)16-26(53-9)31(27)45-32)30-37-22(5)36(29)57-40(34(48)20(3)15-18)38(55-23(6)47)21(4)25(52-8)13-14-54-43(7,58-37)41(30)50;1-2/h10-14,16-18,20-21,25,34,38,40,48H,15H2,1-9H3,(H,46,51);2H,1H3/b11-10+,14-13+,19-12-;/t18?,20-,21-,25+,34-,38?,40?,43+;/m1./s1. The molecule has 0 radical (unpaired) electrons. The molecule has 60 heavy (non-hydrogen) atoms. The number of halogens is 1. The van der Waals surface area contributed by atoms with Crippen molar-refractivity contribution in [1.82, 2.24) is 4.98 Å². The second kappa shape index (κ2) is 17.4. The van der Waals surface area contributed by atoms with Gasteiger partial charge in [-0.3, -0.25) is 19.2 Å². The van der Waals surface area contributed by atoms with Gasteiger partial charge >= 0.3 is 11.8 Å². The molecule has 4 aliphatic heterocycles. The fourth-order valence-electron chi connectivity index (χ4n) is 8.06. The summed E-state index contributed by atoms with van der Waals surface area (Å²) in [6.45, 7) is 11.5. The fourth-order valence-corrected chi connectivity index (χ4v) is 8.47. The van der Waals surface area contributed by atoms with E-state index in [0.717, 1.165) is 7.11 Å². The number of allylic oxidation sites excluding steroid dienone is 3. The third kappa shape index (κ3) is 7.77. The van der Waals surface area contributed by atoms with E-state index in [9.17, 15) is 19.5 Å². The van der Waals surface area contributed by atoms with Crippen LogP contribution in [0.2, 0.25) is 0 Å². The number of hydrogen-bond acceptors (Lipinski definition) is 14. The van der Waals surface area contributed by atoms with Crippen LogP contribution in [0.4, 0.5) is 5.69 Å². The molecule has 0 saturated heterocycles. The van der Waals surface area contributed by atoms with Gasteiger partial charge in [-0.1, -0.05) is 54.9 Å². The van der Waals surface area contributed by atoms with Gasteiger partial charge in [-0.15, -0.1) is 0 Å². The lowest BCUT2D eigenvalue weighted by atomic mass is 9.83. The summed E-state index contributed by atoms with van der Waals surface area (Å²) in [7, 11) is 3.92. The minimum Gasteiger partial charge on any atom is -0.494 e. The number of carbonyl (C=O) groups excluding carboxylic acids is 3. The van der Waals surface area contributed by atoms with Crippen LogP contribution in [0.1, 0.15) is 63.9 Å². The van der Waals surface area contributed by atoms with Crippen LogP contribution in [0, 0.1) is 24.7 Å². The highest BCUT2D eigenvalue weighted by Gasteiger charge is 2.51. The van der Waals surface area contributed by atoms with Crippen LogP contribution in [0.5, 0.6) is 17.2 Å². The van der Waals surface area contributed by atoms with Gasteiger partial charge < -0.3 is 48.4 Å². The molecule has 6 bridgehead atoms. The summed E-state index contributed by atoms with van der Waals surface area (Å²) in [6, 6.07) is 3.31. The third-order valence-corrected chi connectivity index (χ3v) is 11.6. The molecule has 4 heterocycles. The number of amides is 1. The smallest absolute Gasteiger partial charge is 0.312 e. The predicted molar refractivity (Wildman–Crippen MR) is 226 cm³/mol.